The Labute approximate surface area is 235 Å². The summed E-state index contributed by atoms with van der Waals surface area (Å²) in [6.45, 7) is 17.5. The first-order valence-corrected chi connectivity index (χ1v) is 14.7. The summed E-state index contributed by atoms with van der Waals surface area (Å²) in [6, 6.07) is 9.32. The van der Waals surface area contributed by atoms with Crippen molar-refractivity contribution in [2.75, 3.05) is 0 Å². The van der Waals surface area contributed by atoms with Crippen molar-refractivity contribution in [3.8, 4) is 21.2 Å². The van der Waals surface area contributed by atoms with Gasteiger partial charge in [0.25, 0.3) is 0 Å². The Morgan fingerprint density at radius 3 is 0.676 bits per heavy atom. The number of rotatable bonds is 2. The number of aryl methyl sites for hydroxylation is 8. The van der Waals surface area contributed by atoms with E-state index in [0.717, 1.165) is 0 Å². The largest absolute Gasteiger partial charge is 1.00 e. The zero-order valence-electron chi connectivity index (χ0n) is 21.7. The van der Waals surface area contributed by atoms with Crippen molar-refractivity contribution in [1.29, 1.82) is 0 Å². The van der Waals surface area contributed by atoms with Crippen molar-refractivity contribution in [1.82, 2.24) is 0 Å². The second-order valence-corrected chi connectivity index (χ2v) is 12.6. The van der Waals surface area contributed by atoms with Crippen LogP contribution in [0.2, 0.25) is 0 Å². The van der Waals surface area contributed by atoms with Crippen LogP contribution in [0.4, 0.5) is 0 Å². The van der Waals surface area contributed by atoms with E-state index in [2.05, 4.69) is 103 Å². The van der Waals surface area contributed by atoms with Crippen LogP contribution in [0.15, 0.2) is 47.5 Å². The molecule has 0 unspecified atom stereocenters. The van der Waals surface area contributed by atoms with E-state index in [1.807, 2.05) is 0 Å². The fourth-order valence-electron chi connectivity index (χ4n) is 3.06. The van der Waals surface area contributed by atoms with E-state index in [0.29, 0.717) is 0 Å². The van der Waals surface area contributed by atoms with Crippen LogP contribution in [0.5, 0.6) is 0 Å². The van der Waals surface area contributed by atoms with Crippen LogP contribution in [-0.2, 0) is 16.8 Å². The van der Waals surface area contributed by atoms with E-state index < -0.39 is 0 Å². The van der Waals surface area contributed by atoms with Gasteiger partial charge < -0.3 is 0 Å². The molecule has 0 aliphatic heterocycles. The SMILES string of the molecule is Cc1cpc(-c2cc(C)c(C)cp2)cc1C.Cc1cpc(-c2cc(C)c(C)cp2)cc1C.[Co].[Li+]. The quantitative estimate of drug-likeness (QED) is 0.217. The molecule has 0 bridgehead atoms. The molecule has 0 amide bonds. The van der Waals surface area contributed by atoms with Crippen LogP contribution in [0, 0.1) is 55.4 Å². The minimum atomic E-state index is 0. The van der Waals surface area contributed by atoms with Crippen LogP contribution in [-0.4, -0.2) is 0 Å². The van der Waals surface area contributed by atoms with Gasteiger partial charge in [-0.3, -0.25) is 0 Å². The van der Waals surface area contributed by atoms with Gasteiger partial charge >= 0.3 is 18.9 Å². The third-order valence-corrected chi connectivity index (χ3v) is 11.0. The van der Waals surface area contributed by atoms with Crippen LogP contribution < -0.4 is 18.9 Å². The van der Waals surface area contributed by atoms with Gasteiger partial charge in [0, 0.05) is 38.0 Å². The van der Waals surface area contributed by atoms with Gasteiger partial charge in [-0.25, -0.2) is 0 Å². The minimum Gasteiger partial charge on any atom is -0.0672 e. The number of hydrogen-bond donors (Lipinski definition) is 0. The summed E-state index contributed by atoms with van der Waals surface area (Å²) in [5.41, 5.74) is 11.2. The van der Waals surface area contributed by atoms with Gasteiger partial charge in [0.1, 0.15) is 0 Å². The molecule has 0 N–H and O–H groups in total. The topological polar surface area (TPSA) is 0 Å². The summed E-state index contributed by atoms with van der Waals surface area (Å²) in [7, 11) is 5.35. The predicted octanol–water partition coefficient (Wildman–Crippen LogP) is 8.50. The molecule has 0 saturated heterocycles. The summed E-state index contributed by atoms with van der Waals surface area (Å²) in [5.74, 6) is 9.23. The first-order chi connectivity index (χ1) is 15.2. The molecule has 0 spiro atoms. The van der Waals surface area contributed by atoms with Gasteiger partial charge in [0.05, 0.1) is 0 Å². The van der Waals surface area contributed by atoms with E-state index in [9.17, 15) is 0 Å². The van der Waals surface area contributed by atoms with Crippen molar-refractivity contribution < 1.29 is 35.6 Å². The molecule has 0 nitrogen and oxygen atoms in total. The first-order valence-electron chi connectivity index (χ1n) is 10.9. The van der Waals surface area contributed by atoms with Gasteiger partial charge in [0.2, 0.25) is 0 Å². The van der Waals surface area contributed by atoms with Crippen molar-refractivity contribution in [2.45, 2.75) is 55.4 Å². The van der Waals surface area contributed by atoms with E-state index >= 15 is 0 Å². The second-order valence-electron chi connectivity index (χ2n) is 8.62. The third-order valence-electron chi connectivity index (χ3n) is 6.01. The summed E-state index contributed by atoms with van der Waals surface area (Å²) >= 11 is 0. The minimum absolute atomic E-state index is 0. The van der Waals surface area contributed by atoms with Crippen LogP contribution in [0.3, 0.4) is 0 Å². The predicted molar refractivity (Wildman–Crippen MR) is 152 cm³/mol. The molecule has 173 valence electrons. The monoisotopic (exact) mass is 558 g/mol. The van der Waals surface area contributed by atoms with Crippen molar-refractivity contribution in [3.63, 3.8) is 0 Å². The van der Waals surface area contributed by atoms with Crippen molar-refractivity contribution in [2.24, 2.45) is 0 Å². The molecule has 0 saturated carbocycles. The molecular weight excluding hydrogens is 526 g/mol. The molecule has 0 atom stereocenters. The average Bonchev–Trinajstić information content (AvgIpc) is 2.76. The zero-order chi connectivity index (χ0) is 23.4. The maximum absolute atomic E-state index is 2.33. The van der Waals surface area contributed by atoms with Crippen LogP contribution in [0.25, 0.3) is 21.2 Å². The standard InChI is InChI=1S/2C14H16P2.Co.Li/c2*1-9-5-13(15-7-11(9)3)14-6-10(2)12(4)8-16-14;;/h2*5-8H,1-4H3;;/q;;;+1. The Kier molecular flexibility index (Phi) is 13.5. The van der Waals surface area contributed by atoms with Gasteiger partial charge in [-0.1, -0.05) is 32.8 Å². The second kappa shape index (κ2) is 14.4. The van der Waals surface area contributed by atoms with Gasteiger partial charge in [-0.2, -0.15) is 0 Å². The first kappa shape index (κ1) is 31.7. The summed E-state index contributed by atoms with van der Waals surface area (Å²) in [4.78, 5) is 0. The Bertz CT molecular complexity index is 1070. The maximum atomic E-state index is 2.33. The Morgan fingerprint density at radius 2 is 0.529 bits per heavy atom. The normalized spacial score (nSPS) is 10.8. The summed E-state index contributed by atoms with van der Waals surface area (Å²) < 4.78 is 0. The Morgan fingerprint density at radius 1 is 0.353 bits per heavy atom. The molecule has 4 rings (SSSR count). The molecule has 4 aromatic rings. The van der Waals surface area contributed by atoms with E-state index in [1.165, 1.54) is 98.5 Å². The molecule has 0 aromatic carbocycles. The molecule has 0 fully saturated rings. The zero-order valence-corrected chi connectivity index (χ0v) is 26.4. The van der Waals surface area contributed by atoms with E-state index in [4.69, 9.17) is 0 Å². The molecule has 0 aliphatic carbocycles. The fourth-order valence-corrected chi connectivity index (χ4v) is 7.76. The van der Waals surface area contributed by atoms with Crippen molar-refractivity contribution >= 4 is 32.8 Å². The molecule has 34 heavy (non-hydrogen) atoms. The fraction of sp³-hybridized carbons (Fsp3) is 0.286. The number of hydrogen-bond acceptors (Lipinski definition) is 0. The van der Waals surface area contributed by atoms with Gasteiger partial charge in [0.15, 0.2) is 0 Å². The van der Waals surface area contributed by atoms with E-state index in [1.54, 1.807) is 0 Å². The molecule has 4 aromatic heterocycles. The molecule has 6 heteroatoms. The van der Waals surface area contributed by atoms with Crippen LogP contribution >= 0.6 is 32.8 Å². The van der Waals surface area contributed by atoms with Crippen LogP contribution in [0.1, 0.15) is 44.5 Å². The molecule has 1 radical (unpaired) electrons. The Balaban J connectivity index is 0.000000321. The van der Waals surface area contributed by atoms with Gasteiger partial charge in [-0.05, 0) is 147 Å². The maximum Gasteiger partial charge on any atom is 1.00 e. The third kappa shape index (κ3) is 8.38. The average molecular weight is 558 g/mol. The van der Waals surface area contributed by atoms with Gasteiger partial charge in [-0.15, -0.1) is 0 Å². The molecule has 0 aliphatic rings. The van der Waals surface area contributed by atoms with E-state index in [-0.39, 0.29) is 35.6 Å². The Hall–Kier alpha value is -0.296. The summed E-state index contributed by atoms with van der Waals surface area (Å²) in [5, 5.41) is 5.81. The summed E-state index contributed by atoms with van der Waals surface area (Å²) in [6.07, 6.45) is 0. The molecular formula is C28H32CoLiP4+. The van der Waals surface area contributed by atoms with Crippen molar-refractivity contribution in [3.05, 3.63) is 92.0 Å². The molecule has 4 heterocycles. The smallest absolute Gasteiger partial charge is 0.0672 e.